The number of carbonyl (C=O) groups excluding carboxylic acids is 2. The standard InChI is InChI=1S/C8H11BrO2/c9-4-3-6-5-7(10)1-2-8(6)11/h6H,1-5H2. The third kappa shape index (κ3) is 2.40. The highest BCUT2D eigenvalue weighted by molar-refractivity contribution is 9.09. The minimum atomic E-state index is 0.00984. The van der Waals surface area contributed by atoms with Gasteiger partial charge in [0, 0.05) is 30.5 Å². The van der Waals surface area contributed by atoms with E-state index in [1.54, 1.807) is 0 Å². The molecule has 0 aliphatic heterocycles. The number of hydrogen-bond donors (Lipinski definition) is 0. The summed E-state index contributed by atoms with van der Waals surface area (Å²) in [4.78, 5) is 22.1. The van der Waals surface area contributed by atoms with E-state index in [1.807, 2.05) is 0 Å². The zero-order valence-corrected chi connectivity index (χ0v) is 7.89. The van der Waals surface area contributed by atoms with Gasteiger partial charge in [-0.25, -0.2) is 0 Å². The molecule has 0 heterocycles. The maximum atomic E-state index is 11.2. The second kappa shape index (κ2) is 4.00. The highest BCUT2D eigenvalue weighted by Gasteiger charge is 2.25. The molecule has 0 radical (unpaired) electrons. The molecule has 0 spiro atoms. The fourth-order valence-corrected chi connectivity index (χ4v) is 1.90. The molecule has 1 aliphatic carbocycles. The van der Waals surface area contributed by atoms with E-state index in [9.17, 15) is 9.59 Å². The van der Waals surface area contributed by atoms with Crippen LogP contribution in [0, 0.1) is 5.92 Å². The van der Waals surface area contributed by atoms with Crippen molar-refractivity contribution in [2.24, 2.45) is 5.92 Å². The Morgan fingerprint density at radius 3 is 2.73 bits per heavy atom. The largest absolute Gasteiger partial charge is 0.300 e. The molecule has 1 atom stereocenters. The van der Waals surface area contributed by atoms with Crippen LogP contribution in [0.2, 0.25) is 0 Å². The number of Topliss-reactive ketones (excluding diaryl/α,β-unsaturated/α-hetero) is 2. The summed E-state index contributed by atoms with van der Waals surface area (Å²) < 4.78 is 0. The highest BCUT2D eigenvalue weighted by Crippen LogP contribution is 2.21. The fourth-order valence-electron chi connectivity index (χ4n) is 1.35. The van der Waals surface area contributed by atoms with Crippen LogP contribution in [0.4, 0.5) is 0 Å². The van der Waals surface area contributed by atoms with Gasteiger partial charge in [0.25, 0.3) is 0 Å². The average Bonchev–Trinajstić information content (AvgIpc) is 1.98. The van der Waals surface area contributed by atoms with Crippen LogP contribution in [0.5, 0.6) is 0 Å². The summed E-state index contributed by atoms with van der Waals surface area (Å²) in [6.07, 6.45) is 2.23. The lowest BCUT2D eigenvalue weighted by atomic mass is 9.85. The number of carbonyl (C=O) groups is 2. The average molecular weight is 219 g/mol. The SMILES string of the molecule is O=C1CCC(=O)C(CCBr)C1. The number of alkyl halides is 1. The van der Waals surface area contributed by atoms with Gasteiger partial charge in [-0.1, -0.05) is 15.9 Å². The predicted octanol–water partition coefficient (Wildman–Crippen LogP) is 1.71. The van der Waals surface area contributed by atoms with Crippen molar-refractivity contribution in [1.82, 2.24) is 0 Å². The third-order valence-electron chi connectivity index (χ3n) is 2.04. The molecule has 1 unspecified atom stereocenters. The van der Waals surface area contributed by atoms with Gasteiger partial charge in [0.2, 0.25) is 0 Å². The van der Waals surface area contributed by atoms with Crippen LogP contribution < -0.4 is 0 Å². The molecule has 0 amide bonds. The van der Waals surface area contributed by atoms with Gasteiger partial charge in [-0.2, -0.15) is 0 Å². The number of hydrogen-bond acceptors (Lipinski definition) is 2. The molecular formula is C8H11BrO2. The number of halogens is 1. The lowest BCUT2D eigenvalue weighted by Crippen LogP contribution is -2.25. The van der Waals surface area contributed by atoms with Gasteiger partial charge in [-0.3, -0.25) is 9.59 Å². The van der Waals surface area contributed by atoms with Crippen LogP contribution in [0.15, 0.2) is 0 Å². The third-order valence-corrected chi connectivity index (χ3v) is 2.50. The molecular weight excluding hydrogens is 208 g/mol. The molecule has 62 valence electrons. The molecule has 0 aromatic carbocycles. The van der Waals surface area contributed by atoms with Gasteiger partial charge >= 0.3 is 0 Å². The predicted molar refractivity (Wildman–Crippen MR) is 45.8 cm³/mol. The minimum absolute atomic E-state index is 0.00984. The van der Waals surface area contributed by atoms with Crippen molar-refractivity contribution in [3.05, 3.63) is 0 Å². The van der Waals surface area contributed by atoms with Crippen LogP contribution in [-0.4, -0.2) is 16.9 Å². The van der Waals surface area contributed by atoms with Gasteiger partial charge < -0.3 is 0 Å². The van der Waals surface area contributed by atoms with Gasteiger partial charge in [0.15, 0.2) is 0 Å². The van der Waals surface area contributed by atoms with Crippen molar-refractivity contribution >= 4 is 27.5 Å². The Morgan fingerprint density at radius 1 is 1.36 bits per heavy atom. The van der Waals surface area contributed by atoms with E-state index >= 15 is 0 Å². The molecule has 1 aliphatic rings. The van der Waals surface area contributed by atoms with Gasteiger partial charge in [-0.15, -0.1) is 0 Å². The molecule has 0 N–H and O–H groups in total. The van der Waals surface area contributed by atoms with Crippen molar-refractivity contribution in [2.75, 3.05) is 5.33 Å². The Balaban J connectivity index is 2.47. The fraction of sp³-hybridized carbons (Fsp3) is 0.750. The first kappa shape index (κ1) is 8.91. The summed E-state index contributed by atoms with van der Waals surface area (Å²) in [5.74, 6) is 0.523. The van der Waals surface area contributed by atoms with E-state index in [-0.39, 0.29) is 17.5 Å². The summed E-state index contributed by atoms with van der Waals surface area (Å²) in [5.41, 5.74) is 0. The molecule has 11 heavy (non-hydrogen) atoms. The van der Waals surface area contributed by atoms with Crippen molar-refractivity contribution in [1.29, 1.82) is 0 Å². The molecule has 0 saturated heterocycles. The van der Waals surface area contributed by atoms with Crippen molar-refractivity contribution in [2.45, 2.75) is 25.7 Å². The smallest absolute Gasteiger partial charge is 0.136 e. The van der Waals surface area contributed by atoms with Crippen LogP contribution in [0.25, 0.3) is 0 Å². The Labute approximate surface area is 74.5 Å². The molecule has 3 heteroatoms. The summed E-state index contributed by atoms with van der Waals surface area (Å²) in [6.45, 7) is 0. The Kier molecular flexibility index (Phi) is 3.24. The first-order valence-corrected chi connectivity index (χ1v) is 4.96. The number of rotatable bonds is 2. The van der Waals surface area contributed by atoms with E-state index < -0.39 is 0 Å². The van der Waals surface area contributed by atoms with Crippen molar-refractivity contribution in [3.8, 4) is 0 Å². The monoisotopic (exact) mass is 218 g/mol. The molecule has 0 aromatic rings. The first-order chi connectivity index (χ1) is 5.24. The van der Waals surface area contributed by atoms with Crippen molar-refractivity contribution in [3.63, 3.8) is 0 Å². The normalized spacial score (nSPS) is 25.7. The van der Waals surface area contributed by atoms with Crippen LogP contribution in [0.3, 0.4) is 0 Å². The Bertz CT molecular complexity index is 177. The van der Waals surface area contributed by atoms with Crippen molar-refractivity contribution < 1.29 is 9.59 Å². The maximum Gasteiger partial charge on any atom is 0.136 e. The second-order valence-electron chi connectivity index (χ2n) is 2.88. The summed E-state index contributed by atoms with van der Waals surface area (Å²) in [7, 11) is 0. The minimum Gasteiger partial charge on any atom is -0.300 e. The lowest BCUT2D eigenvalue weighted by Gasteiger charge is -2.17. The lowest BCUT2D eigenvalue weighted by molar-refractivity contribution is -0.132. The Hall–Kier alpha value is -0.180. The van der Waals surface area contributed by atoms with Crippen LogP contribution in [-0.2, 0) is 9.59 Å². The Morgan fingerprint density at radius 2 is 2.09 bits per heavy atom. The quantitative estimate of drug-likeness (QED) is 0.662. The highest BCUT2D eigenvalue weighted by atomic mass is 79.9. The van der Waals surface area contributed by atoms with Crippen LogP contribution >= 0.6 is 15.9 Å². The van der Waals surface area contributed by atoms with E-state index in [0.29, 0.717) is 19.3 Å². The summed E-state index contributed by atoms with van der Waals surface area (Å²) >= 11 is 3.27. The van der Waals surface area contributed by atoms with Gasteiger partial charge in [0.05, 0.1) is 0 Å². The van der Waals surface area contributed by atoms with Gasteiger partial charge in [0.1, 0.15) is 11.6 Å². The zero-order valence-electron chi connectivity index (χ0n) is 6.31. The molecule has 2 nitrogen and oxygen atoms in total. The van der Waals surface area contributed by atoms with Gasteiger partial charge in [-0.05, 0) is 6.42 Å². The number of ketones is 2. The zero-order chi connectivity index (χ0) is 8.27. The molecule has 0 aromatic heterocycles. The molecule has 1 fully saturated rings. The van der Waals surface area contributed by atoms with E-state index in [0.717, 1.165) is 11.8 Å². The maximum absolute atomic E-state index is 11.2. The van der Waals surface area contributed by atoms with E-state index in [4.69, 9.17) is 0 Å². The molecule has 1 saturated carbocycles. The first-order valence-electron chi connectivity index (χ1n) is 3.84. The topological polar surface area (TPSA) is 34.1 Å². The summed E-state index contributed by atoms with van der Waals surface area (Å²) in [6, 6.07) is 0. The molecule has 0 bridgehead atoms. The van der Waals surface area contributed by atoms with E-state index in [1.165, 1.54) is 0 Å². The summed E-state index contributed by atoms with van der Waals surface area (Å²) in [5, 5.41) is 0.816. The molecule has 1 rings (SSSR count). The second-order valence-corrected chi connectivity index (χ2v) is 3.68. The van der Waals surface area contributed by atoms with E-state index in [2.05, 4.69) is 15.9 Å². The van der Waals surface area contributed by atoms with Crippen LogP contribution in [0.1, 0.15) is 25.7 Å².